The van der Waals surface area contributed by atoms with Crippen molar-refractivity contribution < 1.29 is 0 Å². The van der Waals surface area contributed by atoms with Gasteiger partial charge in [-0.25, -0.2) is 0 Å². The SMILES string of the molecule is CC/C(=C\c1c(C)n(-c2ccccc2)c2ccccc12)N(c1ccccc1)c1ccc2c(c1)c1ccccc1n2-c1ccc(-c2ccccc2)cc1. The average molecular weight is 670 g/mol. The molecule has 0 atom stereocenters. The van der Waals surface area contributed by atoms with Crippen molar-refractivity contribution in [2.75, 3.05) is 4.90 Å². The van der Waals surface area contributed by atoms with E-state index in [2.05, 4.69) is 216 Å². The number of para-hydroxylation sites is 4. The first-order valence-electron chi connectivity index (χ1n) is 18.1. The molecular formula is C49H39N3. The lowest BCUT2D eigenvalue weighted by Gasteiger charge is -2.28. The van der Waals surface area contributed by atoms with Gasteiger partial charge in [0.25, 0.3) is 0 Å². The fraction of sp³-hybridized carbons (Fsp3) is 0.0612. The maximum atomic E-state index is 2.44. The largest absolute Gasteiger partial charge is 0.314 e. The molecule has 0 aliphatic rings. The van der Waals surface area contributed by atoms with Crippen molar-refractivity contribution in [2.24, 2.45) is 0 Å². The second-order valence-electron chi connectivity index (χ2n) is 13.3. The van der Waals surface area contributed by atoms with E-state index < -0.39 is 0 Å². The maximum Gasteiger partial charge on any atom is 0.0542 e. The van der Waals surface area contributed by atoms with Gasteiger partial charge in [0.2, 0.25) is 0 Å². The molecule has 2 heterocycles. The molecule has 3 heteroatoms. The van der Waals surface area contributed by atoms with Crippen LogP contribution in [0.25, 0.3) is 61.3 Å². The molecule has 0 fully saturated rings. The molecule has 0 saturated heterocycles. The summed E-state index contributed by atoms with van der Waals surface area (Å²) in [5.74, 6) is 0. The summed E-state index contributed by atoms with van der Waals surface area (Å²) < 4.78 is 4.78. The predicted molar refractivity (Wildman–Crippen MR) is 221 cm³/mol. The number of hydrogen-bond acceptors (Lipinski definition) is 1. The van der Waals surface area contributed by atoms with Gasteiger partial charge in [-0.15, -0.1) is 0 Å². The molecule has 0 unspecified atom stereocenters. The molecule has 250 valence electrons. The van der Waals surface area contributed by atoms with Crippen molar-refractivity contribution in [3.8, 4) is 22.5 Å². The lowest BCUT2D eigenvalue weighted by atomic mass is 10.1. The van der Waals surface area contributed by atoms with E-state index in [0.29, 0.717) is 0 Å². The first-order valence-corrected chi connectivity index (χ1v) is 18.1. The van der Waals surface area contributed by atoms with E-state index in [1.54, 1.807) is 0 Å². The Bertz CT molecular complexity index is 2700. The smallest absolute Gasteiger partial charge is 0.0542 e. The summed E-state index contributed by atoms with van der Waals surface area (Å²) in [7, 11) is 0. The third-order valence-electron chi connectivity index (χ3n) is 10.3. The van der Waals surface area contributed by atoms with Crippen molar-refractivity contribution in [3.05, 3.63) is 199 Å². The number of nitrogens with zero attached hydrogens (tertiary/aromatic N) is 3. The highest BCUT2D eigenvalue weighted by Crippen LogP contribution is 2.40. The molecule has 0 radical (unpaired) electrons. The minimum atomic E-state index is 0.854. The standard InChI is InChI=1S/C49H39N3/c1-3-38(33-45-35(2)50(39-19-9-5-10-20-39)47-25-15-13-23-43(45)47)51(40-21-11-6-12-22-40)42-31-32-49-46(34-42)44-24-14-16-26-48(44)52(49)41-29-27-37(28-30-41)36-17-7-4-8-18-36/h4-34H,3H2,1-2H3/b38-33+. The van der Waals surface area contributed by atoms with Crippen LogP contribution < -0.4 is 4.90 Å². The lowest BCUT2D eigenvalue weighted by molar-refractivity contribution is 1.02. The van der Waals surface area contributed by atoms with E-state index >= 15 is 0 Å². The van der Waals surface area contributed by atoms with Crippen LogP contribution in [0.5, 0.6) is 0 Å². The number of allylic oxidation sites excluding steroid dienone is 1. The normalized spacial score (nSPS) is 11.8. The summed E-state index contributed by atoms with van der Waals surface area (Å²) in [6, 6.07) is 65.5. The van der Waals surface area contributed by atoms with Gasteiger partial charge in [0.15, 0.2) is 0 Å². The molecule has 7 aromatic carbocycles. The van der Waals surface area contributed by atoms with Crippen molar-refractivity contribution in [1.29, 1.82) is 0 Å². The van der Waals surface area contributed by atoms with Crippen LogP contribution >= 0.6 is 0 Å². The molecule has 9 rings (SSSR count). The molecule has 0 spiro atoms. The Morgan fingerprint density at radius 2 is 1.02 bits per heavy atom. The molecule has 0 N–H and O–H groups in total. The fourth-order valence-corrected chi connectivity index (χ4v) is 7.85. The van der Waals surface area contributed by atoms with Crippen molar-refractivity contribution in [1.82, 2.24) is 9.13 Å². The maximum absolute atomic E-state index is 2.44. The Morgan fingerprint density at radius 1 is 0.481 bits per heavy atom. The number of aromatic nitrogens is 2. The molecule has 0 amide bonds. The topological polar surface area (TPSA) is 13.1 Å². The van der Waals surface area contributed by atoms with E-state index in [4.69, 9.17) is 0 Å². The van der Waals surface area contributed by atoms with Gasteiger partial charge in [-0.05, 0) is 97.3 Å². The van der Waals surface area contributed by atoms with Crippen LogP contribution in [0.2, 0.25) is 0 Å². The Labute approximate surface area is 304 Å². The Kier molecular flexibility index (Phi) is 8.02. The number of rotatable bonds is 8. The Balaban J connectivity index is 1.21. The van der Waals surface area contributed by atoms with E-state index in [9.17, 15) is 0 Å². The number of hydrogen-bond donors (Lipinski definition) is 0. The molecule has 0 saturated carbocycles. The number of benzene rings is 7. The average Bonchev–Trinajstić information content (AvgIpc) is 3.69. The van der Waals surface area contributed by atoms with Gasteiger partial charge in [0, 0.05) is 55.9 Å². The van der Waals surface area contributed by atoms with Crippen molar-refractivity contribution in [3.63, 3.8) is 0 Å². The van der Waals surface area contributed by atoms with Crippen LogP contribution in [0.1, 0.15) is 24.6 Å². The third kappa shape index (κ3) is 5.39. The molecule has 0 aliphatic heterocycles. The zero-order valence-corrected chi connectivity index (χ0v) is 29.4. The Hall–Kier alpha value is -6.58. The summed E-state index contributed by atoms with van der Waals surface area (Å²) in [4.78, 5) is 2.44. The van der Waals surface area contributed by atoms with Gasteiger partial charge in [0.05, 0.1) is 16.6 Å². The lowest BCUT2D eigenvalue weighted by Crippen LogP contribution is -2.16. The predicted octanol–water partition coefficient (Wildman–Crippen LogP) is 13.3. The molecule has 9 aromatic rings. The summed E-state index contributed by atoms with van der Waals surface area (Å²) >= 11 is 0. The highest BCUT2D eigenvalue weighted by atomic mass is 15.1. The van der Waals surface area contributed by atoms with Crippen LogP contribution in [0, 0.1) is 6.92 Å². The second-order valence-corrected chi connectivity index (χ2v) is 13.3. The first-order chi connectivity index (χ1) is 25.7. The zero-order valence-electron chi connectivity index (χ0n) is 29.4. The highest BCUT2D eigenvalue weighted by Gasteiger charge is 2.20. The van der Waals surface area contributed by atoms with E-state index in [1.165, 1.54) is 66.5 Å². The minimum absolute atomic E-state index is 0.854. The summed E-state index contributed by atoms with van der Waals surface area (Å²) in [5, 5.41) is 3.72. The summed E-state index contributed by atoms with van der Waals surface area (Å²) in [5.41, 5.74) is 14.3. The first kappa shape index (κ1) is 31.4. The van der Waals surface area contributed by atoms with Crippen LogP contribution in [-0.2, 0) is 0 Å². The van der Waals surface area contributed by atoms with E-state index in [1.807, 2.05) is 0 Å². The van der Waals surface area contributed by atoms with Crippen LogP contribution in [0.3, 0.4) is 0 Å². The third-order valence-corrected chi connectivity index (χ3v) is 10.3. The molecule has 2 aromatic heterocycles. The van der Waals surface area contributed by atoms with Gasteiger partial charge in [0.1, 0.15) is 0 Å². The van der Waals surface area contributed by atoms with Gasteiger partial charge in [-0.2, -0.15) is 0 Å². The van der Waals surface area contributed by atoms with E-state index in [0.717, 1.165) is 23.5 Å². The van der Waals surface area contributed by atoms with Crippen molar-refractivity contribution >= 4 is 50.2 Å². The molecule has 0 bridgehead atoms. The quantitative estimate of drug-likeness (QED) is 0.157. The summed E-state index contributed by atoms with van der Waals surface area (Å²) in [6.07, 6.45) is 3.26. The molecule has 0 aliphatic carbocycles. The van der Waals surface area contributed by atoms with Gasteiger partial charge >= 0.3 is 0 Å². The number of fused-ring (bicyclic) bond motifs is 4. The van der Waals surface area contributed by atoms with Gasteiger partial charge in [-0.3, -0.25) is 0 Å². The van der Waals surface area contributed by atoms with Gasteiger partial charge < -0.3 is 14.0 Å². The molecular weight excluding hydrogens is 631 g/mol. The van der Waals surface area contributed by atoms with Crippen LogP contribution in [-0.4, -0.2) is 9.13 Å². The molecule has 3 nitrogen and oxygen atoms in total. The number of anilines is 2. The zero-order chi connectivity index (χ0) is 35.0. The van der Waals surface area contributed by atoms with Crippen molar-refractivity contribution in [2.45, 2.75) is 20.3 Å². The van der Waals surface area contributed by atoms with Crippen LogP contribution in [0.15, 0.2) is 188 Å². The van der Waals surface area contributed by atoms with E-state index in [-0.39, 0.29) is 0 Å². The Morgan fingerprint density at radius 3 is 1.71 bits per heavy atom. The molecule has 52 heavy (non-hydrogen) atoms. The monoisotopic (exact) mass is 669 g/mol. The second kappa shape index (κ2) is 13.3. The van der Waals surface area contributed by atoms with Crippen LogP contribution in [0.4, 0.5) is 11.4 Å². The summed E-state index contributed by atoms with van der Waals surface area (Å²) in [6.45, 7) is 4.50. The van der Waals surface area contributed by atoms with Gasteiger partial charge in [-0.1, -0.05) is 122 Å². The fourth-order valence-electron chi connectivity index (χ4n) is 7.85. The minimum Gasteiger partial charge on any atom is -0.314 e. The highest BCUT2D eigenvalue weighted by molar-refractivity contribution is 6.10.